The van der Waals surface area contributed by atoms with Crippen molar-refractivity contribution in [1.82, 2.24) is 28.9 Å². The van der Waals surface area contributed by atoms with Gasteiger partial charge in [-0.05, 0) is 56.6 Å². The Morgan fingerprint density at radius 1 is 0.842 bits per heavy atom. The van der Waals surface area contributed by atoms with E-state index in [1.807, 2.05) is 23.2 Å². The Kier molecular flexibility index (Phi) is 11.2. The van der Waals surface area contributed by atoms with Gasteiger partial charge in [0.15, 0.2) is 11.6 Å². The fourth-order valence-corrected chi connectivity index (χ4v) is 9.48. The van der Waals surface area contributed by atoms with Gasteiger partial charge in [0.2, 0.25) is 0 Å². The maximum atomic E-state index is 13.8. The van der Waals surface area contributed by atoms with Crippen LogP contribution in [-0.4, -0.2) is 90.7 Å². The fraction of sp³-hybridized carbons (Fsp3) is 0.476. The van der Waals surface area contributed by atoms with Crippen molar-refractivity contribution in [1.29, 1.82) is 5.26 Å². The number of nitriles is 1. The molecule has 0 spiro atoms. The molecule has 3 aliphatic heterocycles. The molecule has 0 atom stereocenters. The molecule has 4 aliphatic rings. The summed E-state index contributed by atoms with van der Waals surface area (Å²) in [6, 6.07) is 13.2. The summed E-state index contributed by atoms with van der Waals surface area (Å²) in [5.74, 6) is -0.722. The number of amides is 2. The number of ether oxygens (including phenoxy) is 1. The van der Waals surface area contributed by atoms with E-state index in [1.54, 1.807) is 36.4 Å². The van der Waals surface area contributed by atoms with Crippen LogP contribution in [0.3, 0.4) is 0 Å². The first-order chi connectivity index (χ1) is 27.6. The van der Waals surface area contributed by atoms with Gasteiger partial charge < -0.3 is 29.6 Å². The van der Waals surface area contributed by atoms with Crippen molar-refractivity contribution in [2.45, 2.75) is 70.5 Å². The molecule has 2 fully saturated rings. The molecule has 2 aromatic heterocycles. The number of carbonyl (C=O) groups is 3. The lowest BCUT2D eigenvalue weighted by Gasteiger charge is -2.36. The summed E-state index contributed by atoms with van der Waals surface area (Å²) in [5.41, 5.74) is 5.79. The van der Waals surface area contributed by atoms with Crippen LogP contribution in [0, 0.1) is 23.2 Å². The van der Waals surface area contributed by atoms with Crippen LogP contribution in [0.5, 0.6) is 0 Å². The second-order valence-corrected chi connectivity index (χ2v) is 16.2. The first kappa shape index (κ1) is 38.8. The Labute approximate surface area is 336 Å². The van der Waals surface area contributed by atoms with Gasteiger partial charge in [0, 0.05) is 101 Å². The zero-order valence-corrected chi connectivity index (χ0v) is 33.1. The number of hydrogen-bond acceptors (Lipinski definition) is 9. The Morgan fingerprint density at radius 3 is 2.09 bits per heavy atom. The standard InChI is InChI=1S/C42H48ClN9O5/c1-49-35-13-17-51(22-25-9-11-26(12-10-25)42(55)56)23-33(35)45-38(49)40(53)47-31-7-3-5-28(30(31)21-44)29-6-4-8-32(37(29)43)48-41(54)39-46-34-24-52(18-14-36(34)50(39)2)27-15-19-57-20-16-27/h3-8,25-27H,9-20,22-24H2,1-2H3,(H,47,53)(H,48,54)(H,55,56). The molecule has 8 rings (SSSR count). The number of aromatic nitrogens is 4. The molecule has 1 saturated heterocycles. The minimum atomic E-state index is -0.694. The predicted octanol–water partition coefficient (Wildman–Crippen LogP) is 5.64. The molecular weight excluding hydrogens is 746 g/mol. The van der Waals surface area contributed by atoms with Crippen molar-refractivity contribution in [2.24, 2.45) is 25.9 Å². The highest BCUT2D eigenvalue weighted by Crippen LogP contribution is 2.38. The number of rotatable bonds is 9. The van der Waals surface area contributed by atoms with Crippen molar-refractivity contribution in [3.63, 3.8) is 0 Å². The molecule has 4 aromatic rings. The zero-order chi connectivity index (χ0) is 39.8. The third-order valence-electron chi connectivity index (χ3n) is 12.4. The molecule has 5 heterocycles. The van der Waals surface area contributed by atoms with E-state index < -0.39 is 11.9 Å². The maximum absolute atomic E-state index is 13.8. The van der Waals surface area contributed by atoms with Crippen molar-refractivity contribution < 1.29 is 24.2 Å². The highest BCUT2D eigenvalue weighted by Gasteiger charge is 2.32. The molecule has 298 valence electrons. The molecular formula is C42H48ClN9O5. The first-order valence-corrected chi connectivity index (χ1v) is 20.3. The minimum Gasteiger partial charge on any atom is -0.481 e. The average Bonchev–Trinajstić information content (AvgIpc) is 3.74. The molecule has 0 radical (unpaired) electrons. The van der Waals surface area contributed by atoms with Gasteiger partial charge in [-0.15, -0.1) is 0 Å². The molecule has 1 saturated carbocycles. The van der Waals surface area contributed by atoms with Gasteiger partial charge in [0.1, 0.15) is 6.07 Å². The number of anilines is 2. The number of carbonyl (C=O) groups excluding carboxylic acids is 2. The van der Waals surface area contributed by atoms with Gasteiger partial charge in [0.25, 0.3) is 11.8 Å². The topological polar surface area (TPSA) is 171 Å². The van der Waals surface area contributed by atoms with Gasteiger partial charge >= 0.3 is 5.97 Å². The molecule has 57 heavy (non-hydrogen) atoms. The lowest BCUT2D eigenvalue weighted by atomic mass is 9.81. The van der Waals surface area contributed by atoms with Crippen LogP contribution >= 0.6 is 11.6 Å². The van der Waals surface area contributed by atoms with Crippen molar-refractivity contribution >= 4 is 40.8 Å². The monoisotopic (exact) mass is 793 g/mol. The molecule has 2 aromatic carbocycles. The maximum Gasteiger partial charge on any atom is 0.306 e. The largest absolute Gasteiger partial charge is 0.481 e. The van der Waals surface area contributed by atoms with Crippen LogP contribution in [0.25, 0.3) is 11.1 Å². The van der Waals surface area contributed by atoms with Crippen LogP contribution in [0.1, 0.15) is 88.1 Å². The number of imidazole rings is 2. The SMILES string of the molecule is Cn1c(C(=O)Nc2cccc(-c3cccc(NC(=O)c4nc5c(n4C)CCN(CC4CCC(C(=O)O)CC4)C5)c3C#N)c2Cl)nc2c1CCN(C1CCOCC1)C2. The summed E-state index contributed by atoms with van der Waals surface area (Å²) in [4.78, 5) is 53.2. The molecule has 0 unspecified atom stereocenters. The number of fused-ring (bicyclic) bond motifs is 2. The highest BCUT2D eigenvalue weighted by molar-refractivity contribution is 6.36. The Hall–Kier alpha value is -5.07. The summed E-state index contributed by atoms with van der Waals surface area (Å²) in [6.45, 7) is 5.50. The first-order valence-electron chi connectivity index (χ1n) is 19.9. The quantitative estimate of drug-likeness (QED) is 0.193. The molecule has 3 N–H and O–H groups in total. The number of aliphatic carboxylic acids is 1. The van der Waals surface area contributed by atoms with Crippen LogP contribution in [0.15, 0.2) is 36.4 Å². The number of halogens is 1. The van der Waals surface area contributed by atoms with Crippen LogP contribution in [-0.2, 0) is 49.6 Å². The Bertz CT molecular complexity index is 2250. The van der Waals surface area contributed by atoms with Crippen LogP contribution in [0.2, 0.25) is 5.02 Å². The summed E-state index contributed by atoms with van der Waals surface area (Å²) in [6.07, 6.45) is 6.81. The van der Waals surface area contributed by atoms with Gasteiger partial charge in [-0.25, -0.2) is 9.97 Å². The number of hydrogen-bond donors (Lipinski definition) is 3. The lowest BCUT2D eigenvalue weighted by molar-refractivity contribution is -0.143. The van der Waals surface area contributed by atoms with E-state index in [9.17, 15) is 24.8 Å². The molecule has 14 nitrogen and oxygen atoms in total. The molecule has 1 aliphatic carbocycles. The molecule has 2 amide bonds. The summed E-state index contributed by atoms with van der Waals surface area (Å²) in [7, 11) is 3.71. The predicted molar refractivity (Wildman–Crippen MR) is 214 cm³/mol. The lowest BCUT2D eigenvalue weighted by Crippen LogP contribution is -2.42. The van der Waals surface area contributed by atoms with E-state index in [-0.39, 0.29) is 28.2 Å². The van der Waals surface area contributed by atoms with Gasteiger partial charge in [-0.3, -0.25) is 24.2 Å². The number of carboxylic acids is 1. The average molecular weight is 794 g/mol. The van der Waals surface area contributed by atoms with Crippen LogP contribution < -0.4 is 10.6 Å². The summed E-state index contributed by atoms with van der Waals surface area (Å²) in [5, 5.41) is 25.9. The second-order valence-electron chi connectivity index (χ2n) is 15.8. The zero-order valence-electron chi connectivity index (χ0n) is 32.4. The smallest absolute Gasteiger partial charge is 0.306 e. The Morgan fingerprint density at radius 2 is 1.44 bits per heavy atom. The van der Waals surface area contributed by atoms with Crippen molar-refractivity contribution in [3.8, 4) is 17.2 Å². The van der Waals surface area contributed by atoms with Crippen LogP contribution in [0.4, 0.5) is 11.4 Å². The van der Waals surface area contributed by atoms with Gasteiger partial charge in [-0.1, -0.05) is 35.9 Å². The third-order valence-corrected chi connectivity index (χ3v) is 12.8. The number of carboxylic acid groups (broad SMARTS) is 1. The normalized spacial score (nSPS) is 20.3. The molecule has 0 bridgehead atoms. The number of nitrogens with one attached hydrogen (secondary N) is 2. The van der Waals surface area contributed by atoms with E-state index >= 15 is 0 Å². The third kappa shape index (κ3) is 7.81. The Balaban J connectivity index is 0.956. The van der Waals surface area contributed by atoms with E-state index in [1.165, 1.54) is 0 Å². The second kappa shape index (κ2) is 16.4. The highest BCUT2D eigenvalue weighted by atomic mass is 35.5. The van der Waals surface area contributed by atoms with E-state index in [2.05, 4.69) is 26.5 Å². The number of nitrogens with zero attached hydrogens (tertiary/aromatic N) is 7. The van der Waals surface area contributed by atoms with E-state index in [0.717, 1.165) is 107 Å². The van der Waals surface area contributed by atoms with Crippen molar-refractivity contribution in [2.75, 3.05) is 43.5 Å². The van der Waals surface area contributed by atoms with Crippen molar-refractivity contribution in [3.05, 3.63) is 81.4 Å². The van der Waals surface area contributed by atoms with Gasteiger partial charge in [0.05, 0.1) is 39.3 Å². The number of benzene rings is 2. The fourth-order valence-electron chi connectivity index (χ4n) is 9.21. The van der Waals surface area contributed by atoms with Gasteiger partial charge in [-0.2, -0.15) is 5.26 Å². The minimum absolute atomic E-state index is 0.227. The molecule has 15 heteroatoms. The summed E-state index contributed by atoms with van der Waals surface area (Å²) >= 11 is 6.98. The summed E-state index contributed by atoms with van der Waals surface area (Å²) < 4.78 is 9.26. The van der Waals surface area contributed by atoms with E-state index in [4.69, 9.17) is 26.3 Å². The van der Waals surface area contributed by atoms with E-state index in [0.29, 0.717) is 53.4 Å².